The smallest absolute Gasteiger partial charge is 0.0198 e. The largest absolute Gasteiger partial charge is 0.305 e. The van der Waals surface area contributed by atoms with Crippen molar-refractivity contribution in [3.8, 4) is 33.6 Å². The Balaban J connectivity index is 0.000000188. The summed E-state index contributed by atoms with van der Waals surface area (Å²) in [4.78, 5) is 9.09. The Morgan fingerprint density at radius 2 is 1.43 bits per heavy atom. The second-order valence-electron chi connectivity index (χ2n) is 11.6. The zero-order chi connectivity index (χ0) is 26.4. The predicted molar refractivity (Wildman–Crippen MR) is 159 cm³/mol. The Hall–Kier alpha value is -3.39. The molecule has 0 amide bonds. The van der Waals surface area contributed by atoms with Crippen molar-refractivity contribution < 1.29 is 20.1 Å². The third-order valence-electron chi connectivity index (χ3n) is 9.02. The Labute approximate surface area is 251 Å². The predicted octanol–water partition coefficient (Wildman–Crippen LogP) is 9.16. The first-order valence-electron chi connectivity index (χ1n) is 14.1. The summed E-state index contributed by atoms with van der Waals surface area (Å²) in [5.74, 6) is 1.51. The molecule has 2 heterocycles. The monoisotopic (exact) mass is 697 g/mol. The van der Waals surface area contributed by atoms with Crippen LogP contribution in [0.15, 0.2) is 97.3 Å². The molecule has 0 saturated heterocycles. The number of aromatic nitrogens is 2. The molecule has 1 fully saturated rings. The first-order chi connectivity index (χ1) is 19.1. The van der Waals surface area contributed by atoms with Gasteiger partial charge in [0.1, 0.15) is 0 Å². The Bertz CT molecular complexity index is 1600. The van der Waals surface area contributed by atoms with Crippen molar-refractivity contribution in [2.45, 2.75) is 56.8 Å². The van der Waals surface area contributed by atoms with Gasteiger partial charge in [0.15, 0.2) is 0 Å². The van der Waals surface area contributed by atoms with Crippen LogP contribution in [-0.4, -0.2) is 9.97 Å². The van der Waals surface area contributed by atoms with Crippen LogP contribution < -0.4 is 0 Å². The average molecular weight is 697 g/mol. The standard InChI is InChI=1S/C26H24N.C11H8N.Ir/c1-26(2)23-6-4-3-5-19(23)20-12-11-18(13-24(20)26)25-14-21-16-7-9-17(10-8-16)22(21)15-27-25;1-2-6-10(7-3-1)11-8-4-5-9-12-11;/h3-6,12-17H,7-10H2,1-2H3;1-6,8-9H;/q2*-1;. The van der Waals surface area contributed by atoms with E-state index >= 15 is 0 Å². The van der Waals surface area contributed by atoms with E-state index in [-0.39, 0.29) is 25.5 Å². The minimum Gasteiger partial charge on any atom is -0.305 e. The van der Waals surface area contributed by atoms with Gasteiger partial charge in [-0.2, -0.15) is 0 Å². The molecular formula is C37H32IrN2-2. The van der Waals surface area contributed by atoms with Crippen molar-refractivity contribution in [1.29, 1.82) is 0 Å². The van der Waals surface area contributed by atoms with Gasteiger partial charge in [0.2, 0.25) is 0 Å². The fourth-order valence-electron chi connectivity index (χ4n) is 6.90. The third kappa shape index (κ3) is 4.66. The molecule has 2 aromatic heterocycles. The molecule has 0 N–H and O–H groups in total. The van der Waals surface area contributed by atoms with Gasteiger partial charge in [0.25, 0.3) is 0 Å². The van der Waals surface area contributed by atoms with Crippen molar-refractivity contribution in [2.75, 3.05) is 0 Å². The minimum atomic E-state index is 0. The van der Waals surface area contributed by atoms with Crippen molar-refractivity contribution in [3.63, 3.8) is 0 Å². The number of nitrogens with zero attached hydrogens (tertiary/aromatic N) is 2. The number of rotatable bonds is 2. The van der Waals surface area contributed by atoms with Crippen molar-refractivity contribution in [2.24, 2.45) is 0 Å². The zero-order valence-electron chi connectivity index (χ0n) is 22.9. The summed E-state index contributed by atoms with van der Waals surface area (Å²) in [6.07, 6.45) is 9.39. The van der Waals surface area contributed by atoms with Crippen molar-refractivity contribution in [3.05, 3.63) is 132 Å². The van der Waals surface area contributed by atoms with Gasteiger partial charge >= 0.3 is 0 Å². The second kappa shape index (κ2) is 10.9. The molecule has 0 spiro atoms. The van der Waals surface area contributed by atoms with Crippen LogP contribution in [0.3, 0.4) is 0 Å². The van der Waals surface area contributed by atoms with E-state index in [1.807, 2.05) is 42.5 Å². The van der Waals surface area contributed by atoms with Crippen LogP contribution in [0.2, 0.25) is 0 Å². The number of fused-ring (bicyclic) bond motifs is 5. The summed E-state index contributed by atoms with van der Waals surface area (Å²) in [6.45, 7) is 4.67. The van der Waals surface area contributed by atoms with E-state index in [2.05, 4.69) is 79.6 Å². The number of hydrogen-bond donors (Lipinski definition) is 0. The number of pyridine rings is 2. The number of hydrogen-bond acceptors (Lipinski definition) is 2. The molecule has 9 rings (SSSR count). The third-order valence-corrected chi connectivity index (χ3v) is 9.02. The van der Waals surface area contributed by atoms with Gasteiger partial charge in [0, 0.05) is 32.5 Å². The van der Waals surface area contributed by atoms with Crippen LogP contribution in [0.1, 0.15) is 73.6 Å². The van der Waals surface area contributed by atoms with Crippen LogP contribution in [0, 0.1) is 12.1 Å². The minimum absolute atomic E-state index is 0. The summed E-state index contributed by atoms with van der Waals surface area (Å²) >= 11 is 0. The summed E-state index contributed by atoms with van der Waals surface area (Å²) in [7, 11) is 0. The quantitative estimate of drug-likeness (QED) is 0.172. The van der Waals surface area contributed by atoms with E-state index in [1.165, 1.54) is 53.5 Å². The average Bonchev–Trinajstić information content (AvgIpc) is 3.25. The maximum absolute atomic E-state index is 4.87. The topological polar surface area (TPSA) is 25.8 Å². The molecule has 1 saturated carbocycles. The van der Waals surface area contributed by atoms with E-state index in [0.29, 0.717) is 0 Å². The molecular weight excluding hydrogens is 665 g/mol. The first-order valence-corrected chi connectivity index (χ1v) is 14.1. The SMILES string of the molecule is CC1(C)c2ccccc2-c2c[c-]c(-c3cc4c(cn3)C3CCC4CC3)cc21.[Ir].[c-]1ccccc1-c1ccccn1. The van der Waals surface area contributed by atoms with Crippen molar-refractivity contribution in [1.82, 2.24) is 9.97 Å². The maximum atomic E-state index is 4.87. The van der Waals surface area contributed by atoms with E-state index in [0.717, 1.165) is 34.4 Å². The summed E-state index contributed by atoms with van der Waals surface area (Å²) in [5.41, 5.74) is 12.9. The fourth-order valence-corrected chi connectivity index (χ4v) is 6.90. The molecule has 2 bridgehead atoms. The normalized spacial score (nSPS) is 18.9. The van der Waals surface area contributed by atoms with Gasteiger partial charge in [-0.15, -0.1) is 65.2 Å². The Morgan fingerprint density at radius 1 is 0.675 bits per heavy atom. The van der Waals surface area contributed by atoms with Gasteiger partial charge in [-0.3, -0.25) is 0 Å². The summed E-state index contributed by atoms with van der Waals surface area (Å²) in [5, 5.41) is 0. The van der Waals surface area contributed by atoms with Crippen molar-refractivity contribution >= 4 is 0 Å². The molecule has 3 heteroatoms. The molecule has 3 aromatic carbocycles. The molecule has 1 radical (unpaired) electrons. The summed E-state index contributed by atoms with van der Waals surface area (Å²) in [6, 6.07) is 36.1. The van der Waals surface area contributed by atoms with Gasteiger partial charge in [-0.05, 0) is 77.1 Å². The molecule has 40 heavy (non-hydrogen) atoms. The Morgan fingerprint density at radius 3 is 2.17 bits per heavy atom. The van der Waals surface area contributed by atoms with E-state index in [9.17, 15) is 0 Å². The van der Waals surface area contributed by atoms with Gasteiger partial charge in [-0.25, -0.2) is 0 Å². The van der Waals surface area contributed by atoms with E-state index in [1.54, 1.807) is 11.8 Å². The van der Waals surface area contributed by atoms with Crippen LogP contribution in [0.25, 0.3) is 33.6 Å². The Kier molecular flexibility index (Phi) is 7.29. The molecule has 201 valence electrons. The van der Waals surface area contributed by atoms with Crippen LogP contribution >= 0.6 is 0 Å². The van der Waals surface area contributed by atoms with E-state index < -0.39 is 0 Å². The number of benzene rings is 3. The molecule has 5 aromatic rings. The van der Waals surface area contributed by atoms with Gasteiger partial charge in [-0.1, -0.05) is 67.4 Å². The first kappa shape index (κ1) is 26.8. The molecule has 4 aliphatic rings. The van der Waals surface area contributed by atoms with E-state index in [4.69, 9.17) is 4.98 Å². The fraction of sp³-hybridized carbons (Fsp3) is 0.243. The molecule has 0 unspecified atom stereocenters. The summed E-state index contributed by atoms with van der Waals surface area (Å²) < 4.78 is 0. The van der Waals surface area contributed by atoms with Gasteiger partial charge in [0.05, 0.1) is 0 Å². The van der Waals surface area contributed by atoms with Gasteiger partial charge < -0.3 is 9.97 Å². The second-order valence-corrected chi connectivity index (χ2v) is 11.6. The molecule has 4 aliphatic carbocycles. The molecule has 0 atom stereocenters. The van der Waals surface area contributed by atoms with Crippen LogP contribution in [0.4, 0.5) is 0 Å². The molecule has 0 aliphatic heterocycles. The maximum Gasteiger partial charge on any atom is 0.0198 e. The zero-order valence-corrected chi connectivity index (χ0v) is 25.3. The van der Waals surface area contributed by atoms with Crippen LogP contribution in [0.5, 0.6) is 0 Å². The van der Waals surface area contributed by atoms with Crippen LogP contribution in [-0.2, 0) is 25.5 Å². The molecule has 2 nitrogen and oxygen atoms in total.